The summed E-state index contributed by atoms with van der Waals surface area (Å²) in [6, 6.07) is 7.63. The van der Waals surface area contributed by atoms with E-state index < -0.39 is 0 Å². The summed E-state index contributed by atoms with van der Waals surface area (Å²) >= 11 is 0. The van der Waals surface area contributed by atoms with Crippen molar-refractivity contribution in [1.82, 2.24) is 10.6 Å². The van der Waals surface area contributed by atoms with Gasteiger partial charge in [0.1, 0.15) is 0 Å². The molecule has 1 unspecified atom stereocenters. The molecule has 0 bridgehead atoms. The fourth-order valence-electron chi connectivity index (χ4n) is 3.01. The quantitative estimate of drug-likeness (QED) is 0.803. The molecular formula is C14H20N2. The van der Waals surface area contributed by atoms with E-state index in [1.54, 1.807) is 11.1 Å². The van der Waals surface area contributed by atoms with Crippen LogP contribution < -0.4 is 10.6 Å². The van der Waals surface area contributed by atoms with Crippen molar-refractivity contribution >= 4 is 0 Å². The maximum Gasteiger partial charge on any atom is 0.0370 e. The van der Waals surface area contributed by atoms with Crippen molar-refractivity contribution in [2.45, 2.75) is 25.3 Å². The normalized spacial score (nSPS) is 21.6. The summed E-state index contributed by atoms with van der Waals surface area (Å²) in [7, 11) is 2.08. The van der Waals surface area contributed by atoms with Crippen molar-refractivity contribution in [2.75, 3.05) is 20.1 Å². The third kappa shape index (κ3) is 1.66. The second-order valence-electron chi connectivity index (χ2n) is 5.07. The zero-order valence-electron chi connectivity index (χ0n) is 9.92. The van der Waals surface area contributed by atoms with Gasteiger partial charge < -0.3 is 10.6 Å². The van der Waals surface area contributed by atoms with Crippen LogP contribution in [0.2, 0.25) is 0 Å². The highest BCUT2D eigenvalue weighted by Crippen LogP contribution is 2.29. The van der Waals surface area contributed by atoms with Crippen molar-refractivity contribution < 1.29 is 0 Å². The van der Waals surface area contributed by atoms with Crippen LogP contribution in [0.25, 0.3) is 0 Å². The topological polar surface area (TPSA) is 24.1 Å². The molecule has 1 fully saturated rings. The summed E-state index contributed by atoms with van der Waals surface area (Å²) in [4.78, 5) is 0. The highest BCUT2D eigenvalue weighted by Gasteiger charge is 2.27. The molecule has 0 radical (unpaired) electrons. The number of aryl methyl sites for hydroxylation is 2. The minimum atomic E-state index is 0.534. The highest BCUT2D eigenvalue weighted by atomic mass is 15.0. The van der Waals surface area contributed by atoms with Crippen LogP contribution in [0.1, 0.15) is 29.2 Å². The molecule has 1 atom stereocenters. The number of benzene rings is 1. The number of rotatable bonds is 3. The summed E-state index contributed by atoms with van der Waals surface area (Å²) < 4.78 is 0. The Morgan fingerprint density at radius 2 is 2.06 bits per heavy atom. The Bertz CT molecular complexity index is 382. The standard InChI is InChI=1S/C14H20N2/c1-15-14(13-8-16-9-13)12-6-5-10-3-2-4-11(10)7-12/h5-7,13-16H,2-4,8-9H2,1H3. The van der Waals surface area contributed by atoms with E-state index in [2.05, 4.69) is 35.9 Å². The molecule has 0 spiro atoms. The van der Waals surface area contributed by atoms with Crippen molar-refractivity contribution in [3.05, 3.63) is 34.9 Å². The molecule has 1 aliphatic heterocycles. The predicted octanol–water partition coefficient (Wildman–Crippen LogP) is 1.66. The molecule has 86 valence electrons. The lowest BCUT2D eigenvalue weighted by Gasteiger charge is -2.35. The van der Waals surface area contributed by atoms with Gasteiger partial charge >= 0.3 is 0 Å². The third-order valence-electron chi connectivity index (χ3n) is 4.08. The monoisotopic (exact) mass is 216 g/mol. The molecule has 1 saturated heterocycles. The van der Waals surface area contributed by atoms with Crippen LogP contribution in [-0.4, -0.2) is 20.1 Å². The van der Waals surface area contributed by atoms with Crippen molar-refractivity contribution in [3.8, 4) is 0 Å². The minimum absolute atomic E-state index is 0.534. The van der Waals surface area contributed by atoms with Gasteiger partial charge in [-0.05, 0) is 43.0 Å². The molecule has 2 nitrogen and oxygen atoms in total. The van der Waals surface area contributed by atoms with Gasteiger partial charge in [-0.2, -0.15) is 0 Å². The van der Waals surface area contributed by atoms with Crippen LogP contribution in [-0.2, 0) is 12.8 Å². The number of hydrogen-bond donors (Lipinski definition) is 2. The first-order valence-electron chi connectivity index (χ1n) is 6.38. The van der Waals surface area contributed by atoms with Crippen LogP contribution in [0.15, 0.2) is 18.2 Å². The van der Waals surface area contributed by atoms with E-state index in [1.807, 2.05) is 0 Å². The van der Waals surface area contributed by atoms with Crippen LogP contribution in [0.4, 0.5) is 0 Å². The molecule has 0 saturated carbocycles. The third-order valence-corrected chi connectivity index (χ3v) is 4.08. The Morgan fingerprint density at radius 1 is 1.25 bits per heavy atom. The zero-order valence-corrected chi connectivity index (χ0v) is 9.92. The van der Waals surface area contributed by atoms with Gasteiger partial charge in [-0.1, -0.05) is 18.2 Å². The Morgan fingerprint density at radius 3 is 2.75 bits per heavy atom. The van der Waals surface area contributed by atoms with Crippen LogP contribution in [0.5, 0.6) is 0 Å². The van der Waals surface area contributed by atoms with Gasteiger partial charge in [0.25, 0.3) is 0 Å². The van der Waals surface area contributed by atoms with Crippen molar-refractivity contribution in [2.24, 2.45) is 5.92 Å². The van der Waals surface area contributed by atoms with E-state index in [0.717, 1.165) is 19.0 Å². The smallest absolute Gasteiger partial charge is 0.0370 e. The van der Waals surface area contributed by atoms with Gasteiger partial charge in [-0.15, -0.1) is 0 Å². The SMILES string of the molecule is CNC(c1ccc2c(c1)CCC2)C1CNC1. The number of fused-ring (bicyclic) bond motifs is 1. The molecule has 2 N–H and O–H groups in total. The Balaban J connectivity index is 1.86. The Kier molecular flexibility index (Phi) is 2.70. The molecule has 1 aromatic rings. The van der Waals surface area contributed by atoms with Gasteiger partial charge in [0.2, 0.25) is 0 Å². The molecule has 2 heteroatoms. The molecule has 0 amide bonds. The second-order valence-corrected chi connectivity index (χ2v) is 5.07. The summed E-state index contributed by atoms with van der Waals surface area (Å²) in [6.45, 7) is 2.31. The van der Waals surface area contributed by atoms with E-state index in [-0.39, 0.29) is 0 Å². The van der Waals surface area contributed by atoms with Crippen LogP contribution in [0, 0.1) is 5.92 Å². The first-order valence-corrected chi connectivity index (χ1v) is 6.38. The maximum atomic E-state index is 3.47. The lowest BCUT2D eigenvalue weighted by atomic mass is 9.87. The fraction of sp³-hybridized carbons (Fsp3) is 0.571. The largest absolute Gasteiger partial charge is 0.316 e. The van der Waals surface area contributed by atoms with Gasteiger partial charge in [0.05, 0.1) is 0 Å². The summed E-state index contributed by atoms with van der Waals surface area (Å²) in [5.74, 6) is 0.768. The fourth-order valence-corrected chi connectivity index (χ4v) is 3.01. The summed E-state index contributed by atoms with van der Waals surface area (Å²) in [6.07, 6.45) is 3.90. The minimum Gasteiger partial charge on any atom is -0.316 e. The van der Waals surface area contributed by atoms with E-state index in [0.29, 0.717) is 6.04 Å². The van der Waals surface area contributed by atoms with E-state index in [4.69, 9.17) is 0 Å². The van der Waals surface area contributed by atoms with Crippen LogP contribution in [0.3, 0.4) is 0 Å². The lowest BCUT2D eigenvalue weighted by molar-refractivity contribution is 0.268. The molecule has 1 aromatic carbocycles. The van der Waals surface area contributed by atoms with Gasteiger partial charge in [-0.3, -0.25) is 0 Å². The van der Waals surface area contributed by atoms with Gasteiger partial charge in [-0.25, -0.2) is 0 Å². The molecule has 16 heavy (non-hydrogen) atoms. The summed E-state index contributed by atoms with van der Waals surface area (Å²) in [5, 5.41) is 6.83. The van der Waals surface area contributed by atoms with E-state index in [9.17, 15) is 0 Å². The Labute approximate surface area is 97.4 Å². The van der Waals surface area contributed by atoms with Crippen molar-refractivity contribution in [1.29, 1.82) is 0 Å². The van der Waals surface area contributed by atoms with Crippen molar-refractivity contribution in [3.63, 3.8) is 0 Å². The maximum absolute atomic E-state index is 3.47. The predicted molar refractivity (Wildman–Crippen MR) is 66.6 cm³/mol. The molecule has 0 aromatic heterocycles. The first-order chi connectivity index (χ1) is 7.88. The second kappa shape index (κ2) is 4.19. The van der Waals surface area contributed by atoms with E-state index in [1.165, 1.54) is 24.8 Å². The van der Waals surface area contributed by atoms with Gasteiger partial charge in [0, 0.05) is 25.0 Å². The average Bonchev–Trinajstić information content (AvgIpc) is 2.69. The number of nitrogens with one attached hydrogen (secondary N) is 2. The highest BCUT2D eigenvalue weighted by molar-refractivity contribution is 5.37. The number of hydrogen-bond acceptors (Lipinski definition) is 2. The zero-order chi connectivity index (χ0) is 11.0. The average molecular weight is 216 g/mol. The molecule has 1 aliphatic carbocycles. The molecule has 1 heterocycles. The van der Waals surface area contributed by atoms with Crippen LogP contribution >= 0.6 is 0 Å². The Hall–Kier alpha value is -0.860. The van der Waals surface area contributed by atoms with E-state index >= 15 is 0 Å². The first kappa shape index (κ1) is 10.3. The molecule has 2 aliphatic rings. The van der Waals surface area contributed by atoms with Gasteiger partial charge in [0.15, 0.2) is 0 Å². The molecule has 3 rings (SSSR count). The molecular weight excluding hydrogens is 196 g/mol. The lowest BCUT2D eigenvalue weighted by Crippen LogP contribution is -2.48. The summed E-state index contributed by atoms with van der Waals surface area (Å²) in [5.41, 5.74) is 4.64.